The lowest BCUT2D eigenvalue weighted by atomic mass is 10.00. The largest absolute Gasteiger partial charge is 0.483 e. The molecule has 0 saturated heterocycles. The molecular weight excluding hydrogens is 286 g/mol. The van der Waals surface area contributed by atoms with Gasteiger partial charge in [-0.05, 0) is 56.7 Å². The summed E-state index contributed by atoms with van der Waals surface area (Å²) in [7, 11) is 0. The van der Waals surface area contributed by atoms with Gasteiger partial charge in [0.1, 0.15) is 17.3 Å². The highest BCUT2D eigenvalue weighted by Gasteiger charge is 2.25. The summed E-state index contributed by atoms with van der Waals surface area (Å²) < 4.78 is 11.1. The van der Waals surface area contributed by atoms with Crippen LogP contribution in [0.5, 0.6) is 5.75 Å². The Kier molecular flexibility index (Phi) is 5.04. The Balaban J connectivity index is 2.06. The summed E-state index contributed by atoms with van der Waals surface area (Å²) in [5.74, 6) is 1.49. The smallest absolute Gasteiger partial charge is 0.410 e. The van der Waals surface area contributed by atoms with Gasteiger partial charge in [0.05, 0.1) is 0 Å². The molecule has 21 heavy (non-hydrogen) atoms. The molecule has 0 radical (unpaired) electrons. The molecule has 0 unspecified atom stereocenters. The molecule has 1 amide bonds. The second-order valence-electron chi connectivity index (χ2n) is 6.13. The number of hydrogen-bond acceptors (Lipinski definition) is 4. The van der Waals surface area contributed by atoms with Crippen LogP contribution in [0, 0.1) is 0 Å². The van der Waals surface area contributed by atoms with Gasteiger partial charge in [0.2, 0.25) is 0 Å². The highest BCUT2D eigenvalue weighted by Crippen LogP contribution is 2.25. The Labute approximate surface area is 130 Å². The van der Waals surface area contributed by atoms with E-state index in [2.05, 4.69) is 6.07 Å². The molecule has 2 rings (SSSR count). The molecular formula is C16H23NO3S. The fraction of sp³-hybridized carbons (Fsp3) is 0.562. The Hall–Kier alpha value is -1.36. The monoisotopic (exact) mass is 309 g/mol. The second kappa shape index (κ2) is 6.60. The molecule has 116 valence electrons. The molecule has 0 aromatic heterocycles. The molecule has 0 fully saturated rings. The van der Waals surface area contributed by atoms with E-state index in [0.717, 1.165) is 17.7 Å². The lowest BCUT2D eigenvalue weighted by Gasteiger charge is -2.31. The van der Waals surface area contributed by atoms with E-state index in [1.165, 1.54) is 5.56 Å². The summed E-state index contributed by atoms with van der Waals surface area (Å²) in [6, 6.07) is 6.12. The van der Waals surface area contributed by atoms with E-state index in [1.54, 1.807) is 16.7 Å². The van der Waals surface area contributed by atoms with Crippen LogP contribution >= 0.6 is 11.8 Å². The molecule has 0 aliphatic carbocycles. The van der Waals surface area contributed by atoms with Crippen LogP contribution in [0.2, 0.25) is 0 Å². The lowest BCUT2D eigenvalue weighted by molar-refractivity contribution is 0.0224. The van der Waals surface area contributed by atoms with E-state index in [4.69, 9.17) is 9.47 Å². The van der Waals surface area contributed by atoms with Gasteiger partial charge in [0, 0.05) is 13.1 Å². The maximum absolute atomic E-state index is 12.1. The quantitative estimate of drug-likeness (QED) is 0.798. The van der Waals surface area contributed by atoms with E-state index in [1.807, 2.05) is 39.2 Å². The van der Waals surface area contributed by atoms with Gasteiger partial charge in [-0.25, -0.2) is 4.79 Å². The SMILES string of the molecule is CSCOc1ccc2c(c1)CN(C(=O)OC(C)(C)C)CC2. The summed E-state index contributed by atoms with van der Waals surface area (Å²) in [4.78, 5) is 13.9. The van der Waals surface area contributed by atoms with Crippen molar-refractivity contribution >= 4 is 17.9 Å². The van der Waals surface area contributed by atoms with Gasteiger partial charge in [-0.3, -0.25) is 0 Å². The first-order valence-corrected chi connectivity index (χ1v) is 8.50. The van der Waals surface area contributed by atoms with Crippen molar-refractivity contribution in [2.75, 3.05) is 18.7 Å². The number of amides is 1. The zero-order chi connectivity index (χ0) is 15.5. The number of carbonyl (C=O) groups is 1. The maximum atomic E-state index is 12.1. The van der Waals surface area contributed by atoms with E-state index >= 15 is 0 Å². The van der Waals surface area contributed by atoms with Crippen molar-refractivity contribution in [1.82, 2.24) is 4.90 Å². The highest BCUT2D eigenvalue weighted by atomic mass is 32.2. The predicted molar refractivity (Wildman–Crippen MR) is 85.8 cm³/mol. The summed E-state index contributed by atoms with van der Waals surface area (Å²) in [6.45, 7) is 6.94. The van der Waals surface area contributed by atoms with Crippen LogP contribution in [-0.4, -0.2) is 35.3 Å². The Morgan fingerprint density at radius 3 is 2.76 bits per heavy atom. The fourth-order valence-electron chi connectivity index (χ4n) is 2.23. The van der Waals surface area contributed by atoms with Crippen LogP contribution < -0.4 is 4.74 Å². The highest BCUT2D eigenvalue weighted by molar-refractivity contribution is 7.98. The molecule has 0 saturated carbocycles. The zero-order valence-corrected chi connectivity index (χ0v) is 14.0. The molecule has 0 atom stereocenters. The fourth-order valence-corrected chi connectivity index (χ4v) is 2.49. The molecule has 1 aliphatic rings. The van der Waals surface area contributed by atoms with E-state index in [9.17, 15) is 4.79 Å². The van der Waals surface area contributed by atoms with Crippen LogP contribution in [0.25, 0.3) is 0 Å². The molecule has 4 nitrogen and oxygen atoms in total. The first kappa shape index (κ1) is 16.0. The van der Waals surface area contributed by atoms with Crippen molar-refractivity contribution < 1.29 is 14.3 Å². The predicted octanol–water partition coefficient (Wildman–Crippen LogP) is 3.68. The third-order valence-electron chi connectivity index (χ3n) is 3.19. The maximum Gasteiger partial charge on any atom is 0.410 e. The Bertz CT molecular complexity index is 511. The number of thioether (sulfide) groups is 1. The molecule has 0 N–H and O–H groups in total. The number of rotatable bonds is 3. The molecule has 1 aromatic carbocycles. The molecule has 1 aliphatic heterocycles. The lowest BCUT2D eigenvalue weighted by Crippen LogP contribution is -2.39. The Morgan fingerprint density at radius 2 is 2.10 bits per heavy atom. The van der Waals surface area contributed by atoms with E-state index in [0.29, 0.717) is 19.0 Å². The van der Waals surface area contributed by atoms with Gasteiger partial charge in [-0.2, -0.15) is 0 Å². The van der Waals surface area contributed by atoms with Crippen molar-refractivity contribution in [2.24, 2.45) is 0 Å². The average molecular weight is 309 g/mol. The van der Waals surface area contributed by atoms with Gasteiger partial charge in [0.15, 0.2) is 0 Å². The summed E-state index contributed by atoms with van der Waals surface area (Å²) in [5.41, 5.74) is 1.97. The van der Waals surface area contributed by atoms with E-state index in [-0.39, 0.29) is 6.09 Å². The minimum atomic E-state index is -0.458. The molecule has 1 heterocycles. The minimum absolute atomic E-state index is 0.247. The Morgan fingerprint density at radius 1 is 1.33 bits per heavy atom. The van der Waals surface area contributed by atoms with E-state index < -0.39 is 5.60 Å². The van der Waals surface area contributed by atoms with Gasteiger partial charge in [0.25, 0.3) is 0 Å². The number of benzene rings is 1. The molecule has 1 aromatic rings. The van der Waals surface area contributed by atoms with Crippen LogP contribution in [0.1, 0.15) is 31.9 Å². The van der Waals surface area contributed by atoms with Gasteiger partial charge in [-0.15, -0.1) is 11.8 Å². The van der Waals surface area contributed by atoms with Crippen LogP contribution in [0.3, 0.4) is 0 Å². The minimum Gasteiger partial charge on any atom is -0.483 e. The van der Waals surface area contributed by atoms with Crippen molar-refractivity contribution in [3.05, 3.63) is 29.3 Å². The van der Waals surface area contributed by atoms with Crippen molar-refractivity contribution in [2.45, 2.75) is 39.3 Å². The number of fused-ring (bicyclic) bond motifs is 1. The van der Waals surface area contributed by atoms with Gasteiger partial charge >= 0.3 is 6.09 Å². The zero-order valence-electron chi connectivity index (χ0n) is 13.1. The van der Waals surface area contributed by atoms with Crippen LogP contribution in [0.15, 0.2) is 18.2 Å². The van der Waals surface area contributed by atoms with Crippen molar-refractivity contribution in [3.63, 3.8) is 0 Å². The van der Waals surface area contributed by atoms with Crippen LogP contribution in [0.4, 0.5) is 4.79 Å². The van der Waals surface area contributed by atoms with Gasteiger partial charge < -0.3 is 14.4 Å². The van der Waals surface area contributed by atoms with Gasteiger partial charge in [-0.1, -0.05) is 6.07 Å². The van der Waals surface area contributed by atoms with Crippen LogP contribution in [-0.2, 0) is 17.7 Å². The molecule has 5 heteroatoms. The first-order valence-electron chi connectivity index (χ1n) is 7.10. The second-order valence-corrected chi connectivity index (χ2v) is 6.95. The summed E-state index contributed by atoms with van der Waals surface area (Å²) in [6.07, 6.45) is 2.61. The third kappa shape index (κ3) is 4.56. The van der Waals surface area contributed by atoms with Crippen molar-refractivity contribution in [1.29, 1.82) is 0 Å². The standard InChI is InChI=1S/C16H23NO3S/c1-16(2,3)20-15(18)17-8-7-12-5-6-14(19-11-21-4)9-13(12)10-17/h5-6,9H,7-8,10-11H2,1-4H3. The third-order valence-corrected chi connectivity index (χ3v) is 3.54. The normalized spacial score (nSPS) is 14.6. The number of ether oxygens (including phenoxy) is 2. The topological polar surface area (TPSA) is 38.8 Å². The first-order chi connectivity index (χ1) is 9.89. The average Bonchev–Trinajstić information content (AvgIpc) is 2.42. The molecule has 0 spiro atoms. The number of carbonyl (C=O) groups excluding carboxylic acids is 1. The number of nitrogens with zero attached hydrogens (tertiary/aromatic N) is 1. The van der Waals surface area contributed by atoms with Crippen molar-refractivity contribution in [3.8, 4) is 5.75 Å². The molecule has 0 bridgehead atoms. The summed E-state index contributed by atoms with van der Waals surface area (Å²) >= 11 is 1.64. The summed E-state index contributed by atoms with van der Waals surface area (Å²) in [5, 5.41) is 0. The number of hydrogen-bond donors (Lipinski definition) is 0.